The minimum atomic E-state index is 0.163. The molecule has 0 bridgehead atoms. The van der Waals surface area contributed by atoms with Gasteiger partial charge in [0.15, 0.2) is 11.5 Å². The van der Waals surface area contributed by atoms with Crippen LogP contribution in [0.2, 0.25) is 0 Å². The van der Waals surface area contributed by atoms with Gasteiger partial charge in [-0.3, -0.25) is 4.90 Å². The molecule has 0 radical (unpaired) electrons. The molecule has 2 aromatic rings. The summed E-state index contributed by atoms with van der Waals surface area (Å²) in [5.41, 5.74) is 2.44. The molecule has 1 aliphatic heterocycles. The average Bonchev–Trinajstić information content (AvgIpc) is 2.92. The van der Waals surface area contributed by atoms with Gasteiger partial charge < -0.3 is 14.8 Å². The lowest BCUT2D eigenvalue weighted by molar-refractivity contribution is 0.234. The zero-order valence-corrected chi connectivity index (χ0v) is 14.5. The van der Waals surface area contributed by atoms with Crippen LogP contribution < -0.4 is 14.8 Å². The van der Waals surface area contributed by atoms with Crippen molar-refractivity contribution in [2.24, 2.45) is 0 Å². The van der Waals surface area contributed by atoms with E-state index in [4.69, 9.17) is 9.47 Å². The van der Waals surface area contributed by atoms with Gasteiger partial charge in [-0.05, 0) is 24.6 Å². The lowest BCUT2D eigenvalue weighted by Crippen LogP contribution is -2.33. The number of hydrogen-bond acceptors (Lipinski definition) is 4. The van der Waals surface area contributed by atoms with Crippen LogP contribution in [0.3, 0.4) is 0 Å². The van der Waals surface area contributed by atoms with Gasteiger partial charge in [0.2, 0.25) is 0 Å². The van der Waals surface area contributed by atoms with Crippen molar-refractivity contribution in [1.82, 2.24) is 10.2 Å². The molecule has 0 aromatic heterocycles. The molecule has 1 saturated heterocycles. The highest BCUT2D eigenvalue weighted by Gasteiger charge is 2.27. The summed E-state index contributed by atoms with van der Waals surface area (Å²) in [6.45, 7) is 4.16. The first-order chi connectivity index (χ1) is 11.8. The molecule has 24 heavy (non-hydrogen) atoms. The second-order valence-electron chi connectivity index (χ2n) is 6.04. The molecule has 0 spiro atoms. The maximum absolute atomic E-state index is 5.72. The summed E-state index contributed by atoms with van der Waals surface area (Å²) in [5, 5.41) is 3.49. The summed E-state index contributed by atoms with van der Waals surface area (Å²) in [6, 6.07) is 17.0. The van der Waals surface area contributed by atoms with E-state index in [0.717, 1.165) is 49.7 Å². The van der Waals surface area contributed by atoms with Crippen molar-refractivity contribution in [2.75, 3.05) is 40.4 Å². The fourth-order valence-corrected chi connectivity index (χ4v) is 3.47. The van der Waals surface area contributed by atoms with Crippen LogP contribution >= 0.6 is 0 Å². The predicted octanol–water partition coefficient (Wildman–Crippen LogP) is 3.09. The number of nitrogens with one attached hydrogen (secondary N) is 1. The topological polar surface area (TPSA) is 33.7 Å². The fraction of sp³-hybridized carbons (Fsp3) is 0.400. The van der Waals surface area contributed by atoms with E-state index in [9.17, 15) is 0 Å². The Kier molecular flexibility index (Phi) is 5.72. The van der Waals surface area contributed by atoms with E-state index in [0.29, 0.717) is 0 Å². The second-order valence-corrected chi connectivity index (χ2v) is 6.04. The molecule has 0 aliphatic carbocycles. The van der Waals surface area contributed by atoms with E-state index in [1.165, 1.54) is 5.56 Å². The Balaban J connectivity index is 2.08. The molecule has 1 N–H and O–H groups in total. The van der Waals surface area contributed by atoms with Crippen molar-refractivity contribution in [3.63, 3.8) is 0 Å². The minimum Gasteiger partial charge on any atom is -0.493 e. The molecule has 2 aromatic carbocycles. The molecule has 1 unspecified atom stereocenters. The van der Waals surface area contributed by atoms with Gasteiger partial charge in [0.05, 0.1) is 20.3 Å². The highest BCUT2D eigenvalue weighted by molar-refractivity contribution is 5.50. The lowest BCUT2D eigenvalue weighted by atomic mass is 9.95. The third kappa shape index (κ3) is 3.55. The molecule has 0 saturated carbocycles. The van der Waals surface area contributed by atoms with Crippen molar-refractivity contribution in [2.45, 2.75) is 12.5 Å². The van der Waals surface area contributed by atoms with Gasteiger partial charge in [-0.2, -0.15) is 0 Å². The molecular weight excluding hydrogens is 300 g/mol. The Morgan fingerprint density at radius 1 is 0.917 bits per heavy atom. The van der Waals surface area contributed by atoms with Crippen molar-refractivity contribution in [3.05, 3.63) is 59.7 Å². The summed E-state index contributed by atoms with van der Waals surface area (Å²) < 4.78 is 11.2. The molecule has 1 aliphatic rings. The largest absolute Gasteiger partial charge is 0.493 e. The van der Waals surface area contributed by atoms with Crippen LogP contribution in [0.4, 0.5) is 0 Å². The summed E-state index contributed by atoms with van der Waals surface area (Å²) in [7, 11) is 3.41. The van der Waals surface area contributed by atoms with Crippen LogP contribution in [0.5, 0.6) is 11.5 Å². The minimum absolute atomic E-state index is 0.163. The number of ether oxygens (including phenoxy) is 2. The number of rotatable bonds is 5. The number of benzene rings is 2. The first-order valence-electron chi connectivity index (χ1n) is 8.55. The van der Waals surface area contributed by atoms with Crippen LogP contribution in [0, 0.1) is 0 Å². The summed E-state index contributed by atoms with van der Waals surface area (Å²) in [4.78, 5) is 2.53. The van der Waals surface area contributed by atoms with Gasteiger partial charge in [0, 0.05) is 25.2 Å². The molecular formula is C20H26N2O2. The van der Waals surface area contributed by atoms with Crippen LogP contribution in [0.15, 0.2) is 48.5 Å². The van der Waals surface area contributed by atoms with Gasteiger partial charge in [-0.1, -0.05) is 42.5 Å². The Morgan fingerprint density at radius 3 is 2.50 bits per heavy atom. The lowest BCUT2D eigenvalue weighted by Gasteiger charge is -2.32. The maximum Gasteiger partial charge on any atom is 0.165 e. The molecule has 128 valence electrons. The third-order valence-electron chi connectivity index (χ3n) is 4.58. The highest BCUT2D eigenvalue weighted by atomic mass is 16.5. The van der Waals surface area contributed by atoms with Gasteiger partial charge in [0.25, 0.3) is 0 Å². The van der Waals surface area contributed by atoms with Gasteiger partial charge in [-0.15, -0.1) is 0 Å². The molecule has 1 atom stereocenters. The molecule has 4 nitrogen and oxygen atoms in total. The number of methoxy groups -OCH3 is 2. The molecule has 4 heteroatoms. The monoisotopic (exact) mass is 326 g/mol. The van der Waals surface area contributed by atoms with Crippen molar-refractivity contribution < 1.29 is 9.47 Å². The standard InChI is InChI=1S/C20H26N2O2/c1-23-18-11-6-10-17(20(18)24-2)19(16-8-4-3-5-9-16)22-14-7-12-21-13-15-22/h3-6,8-11,19,21H,7,12-15H2,1-2H3. The van der Waals surface area contributed by atoms with Crippen molar-refractivity contribution in [1.29, 1.82) is 0 Å². The van der Waals surface area contributed by atoms with E-state index in [-0.39, 0.29) is 6.04 Å². The fourth-order valence-electron chi connectivity index (χ4n) is 3.47. The molecule has 1 heterocycles. The molecule has 1 fully saturated rings. The first-order valence-corrected chi connectivity index (χ1v) is 8.55. The zero-order chi connectivity index (χ0) is 16.8. The van der Waals surface area contributed by atoms with Gasteiger partial charge in [-0.25, -0.2) is 0 Å². The van der Waals surface area contributed by atoms with Crippen molar-refractivity contribution >= 4 is 0 Å². The van der Waals surface area contributed by atoms with Gasteiger partial charge in [0.1, 0.15) is 0 Å². The van der Waals surface area contributed by atoms with E-state index in [2.05, 4.69) is 46.6 Å². The molecule has 3 rings (SSSR count). The summed E-state index contributed by atoms with van der Waals surface area (Å²) >= 11 is 0. The van der Waals surface area contributed by atoms with Crippen LogP contribution in [-0.4, -0.2) is 45.3 Å². The number of nitrogens with zero attached hydrogens (tertiary/aromatic N) is 1. The Morgan fingerprint density at radius 2 is 1.75 bits per heavy atom. The van der Waals surface area contributed by atoms with E-state index in [1.807, 2.05) is 12.1 Å². The van der Waals surface area contributed by atoms with E-state index >= 15 is 0 Å². The van der Waals surface area contributed by atoms with Crippen LogP contribution in [-0.2, 0) is 0 Å². The quantitative estimate of drug-likeness (QED) is 0.915. The second kappa shape index (κ2) is 8.18. The Bertz CT molecular complexity index is 637. The van der Waals surface area contributed by atoms with E-state index in [1.54, 1.807) is 14.2 Å². The average molecular weight is 326 g/mol. The maximum atomic E-state index is 5.72. The number of para-hydroxylation sites is 1. The Labute approximate surface area is 144 Å². The van der Waals surface area contributed by atoms with Crippen LogP contribution in [0.1, 0.15) is 23.6 Å². The summed E-state index contributed by atoms with van der Waals surface area (Å²) in [5.74, 6) is 1.61. The third-order valence-corrected chi connectivity index (χ3v) is 4.58. The number of hydrogen-bond donors (Lipinski definition) is 1. The SMILES string of the molecule is COc1cccc(C(c2ccccc2)N2CCCNCC2)c1OC. The summed E-state index contributed by atoms with van der Waals surface area (Å²) in [6.07, 6.45) is 1.15. The Hall–Kier alpha value is -2.04. The van der Waals surface area contributed by atoms with Crippen LogP contribution in [0.25, 0.3) is 0 Å². The normalized spacial score (nSPS) is 17.1. The van der Waals surface area contributed by atoms with Gasteiger partial charge >= 0.3 is 0 Å². The first kappa shape index (κ1) is 16.8. The smallest absolute Gasteiger partial charge is 0.165 e. The predicted molar refractivity (Wildman–Crippen MR) is 96.9 cm³/mol. The van der Waals surface area contributed by atoms with E-state index < -0.39 is 0 Å². The highest BCUT2D eigenvalue weighted by Crippen LogP contribution is 2.40. The zero-order valence-electron chi connectivity index (χ0n) is 14.5. The molecule has 0 amide bonds. The van der Waals surface area contributed by atoms with Crippen molar-refractivity contribution in [3.8, 4) is 11.5 Å².